The van der Waals surface area contributed by atoms with Crippen molar-refractivity contribution in [1.82, 2.24) is 4.90 Å². The summed E-state index contributed by atoms with van der Waals surface area (Å²) in [6.45, 7) is 10.4. The van der Waals surface area contributed by atoms with Crippen LogP contribution >= 0.6 is 24.2 Å². The van der Waals surface area contributed by atoms with Gasteiger partial charge in [-0.1, -0.05) is 36.4 Å². The molecule has 0 N–H and O–H groups in total. The van der Waals surface area contributed by atoms with Crippen molar-refractivity contribution in [3.05, 3.63) is 70.9 Å². The molecule has 0 radical (unpaired) electrons. The molecule has 2 fully saturated rings. The minimum atomic E-state index is -0.594. The second kappa shape index (κ2) is 9.62. The van der Waals surface area contributed by atoms with E-state index in [1.165, 1.54) is 0 Å². The lowest BCUT2D eigenvalue weighted by Crippen LogP contribution is -2.41. The van der Waals surface area contributed by atoms with Gasteiger partial charge in [-0.15, -0.1) is 0 Å². The smallest absolute Gasteiger partial charge is 0.414 e. The van der Waals surface area contributed by atoms with Gasteiger partial charge in [-0.3, -0.25) is 4.90 Å². The molecule has 1 aliphatic carbocycles. The molecular weight excluding hydrogens is 482 g/mol. The summed E-state index contributed by atoms with van der Waals surface area (Å²) in [4.78, 5) is 14.8. The number of rotatable bonds is 4. The molecule has 35 heavy (non-hydrogen) atoms. The number of likely N-dealkylation sites (tertiary alicyclic amines) is 1. The van der Waals surface area contributed by atoms with Gasteiger partial charge in [0.15, 0.2) is 0 Å². The van der Waals surface area contributed by atoms with Crippen molar-refractivity contribution in [1.29, 1.82) is 0 Å². The van der Waals surface area contributed by atoms with Crippen molar-refractivity contribution in [2.75, 3.05) is 20.8 Å². The number of hydrogen-bond acceptors (Lipinski definition) is 5. The largest absolute Gasteiger partial charge is 0.497 e. The zero-order valence-corrected chi connectivity index (χ0v) is 22.7. The number of thiol groups is 1. The average Bonchev–Trinajstić information content (AvgIpc) is 3.08. The SMILES string of the molecule is C=C1N(C(=O)OC(C)(C)C)CC2C(c3ccc(Cl)cc3)C(c3ccc(OC)cc3OC)CCC12S. The third kappa shape index (κ3) is 4.88. The Balaban J connectivity index is 1.79. The summed E-state index contributed by atoms with van der Waals surface area (Å²) >= 11 is 11.4. The molecule has 1 saturated carbocycles. The topological polar surface area (TPSA) is 48.0 Å². The van der Waals surface area contributed by atoms with E-state index in [-0.39, 0.29) is 23.8 Å². The Bertz CT molecular complexity index is 1110. The molecule has 4 rings (SSSR count). The van der Waals surface area contributed by atoms with Crippen molar-refractivity contribution < 1.29 is 19.0 Å². The highest BCUT2D eigenvalue weighted by molar-refractivity contribution is 7.82. The van der Waals surface area contributed by atoms with Crippen LogP contribution in [-0.4, -0.2) is 42.1 Å². The fraction of sp³-hybridized carbons (Fsp3) is 0.464. The van der Waals surface area contributed by atoms with Gasteiger partial charge in [0.25, 0.3) is 0 Å². The lowest BCUT2D eigenvalue weighted by Gasteiger charge is -2.45. The van der Waals surface area contributed by atoms with Crippen LogP contribution < -0.4 is 9.47 Å². The summed E-state index contributed by atoms with van der Waals surface area (Å²) in [6.07, 6.45) is 1.26. The van der Waals surface area contributed by atoms with E-state index < -0.39 is 10.3 Å². The van der Waals surface area contributed by atoms with Crippen LogP contribution in [0.1, 0.15) is 56.6 Å². The third-order valence-electron chi connectivity index (χ3n) is 7.23. The fourth-order valence-corrected chi connectivity index (χ4v) is 6.22. The van der Waals surface area contributed by atoms with Crippen molar-refractivity contribution >= 4 is 30.3 Å². The zero-order valence-electron chi connectivity index (χ0n) is 21.0. The van der Waals surface area contributed by atoms with Gasteiger partial charge in [0, 0.05) is 29.2 Å². The molecule has 7 heteroatoms. The van der Waals surface area contributed by atoms with Gasteiger partial charge in [0.05, 0.1) is 19.0 Å². The Morgan fingerprint density at radius 1 is 1.14 bits per heavy atom. The van der Waals surface area contributed by atoms with Gasteiger partial charge in [-0.2, -0.15) is 12.6 Å². The first kappa shape index (κ1) is 25.8. The minimum Gasteiger partial charge on any atom is -0.497 e. The number of amides is 1. The predicted octanol–water partition coefficient (Wildman–Crippen LogP) is 7.07. The maximum absolute atomic E-state index is 13.1. The molecule has 1 aliphatic heterocycles. The van der Waals surface area contributed by atoms with Gasteiger partial charge in [0.2, 0.25) is 0 Å². The monoisotopic (exact) mass is 515 g/mol. The number of fused-ring (bicyclic) bond motifs is 1. The summed E-state index contributed by atoms with van der Waals surface area (Å²) in [5.74, 6) is 1.77. The number of carbonyl (C=O) groups is 1. The quantitative estimate of drug-likeness (QED) is 0.442. The molecule has 2 aliphatic rings. The molecular formula is C28H34ClNO4S. The summed E-state index contributed by atoms with van der Waals surface area (Å²) in [6, 6.07) is 14.0. The van der Waals surface area contributed by atoms with Crippen LogP contribution in [0.15, 0.2) is 54.7 Å². The van der Waals surface area contributed by atoms with E-state index in [0.29, 0.717) is 17.3 Å². The van der Waals surface area contributed by atoms with E-state index in [2.05, 4.69) is 24.8 Å². The highest BCUT2D eigenvalue weighted by atomic mass is 35.5. The van der Waals surface area contributed by atoms with Gasteiger partial charge in [-0.05, 0) is 74.8 Å². The Morgan fingerprint density at radius 3 is 2.43 bits per heavy atom. The Labute approximate surface area is 218 Å². The minimum absolute atomic E-state index is 0.0255. The van der Waals surface area contributed by atoms with Crippen LogP contribution in [0, 0.1) is 5.92 Å². The van der Waals surface area contributed by atoms with E-state index in [0.717, 1.165) is 35.5 Å². The lowest BCUT2D eigenvalue weighted by atomic mass is 9.62. The number of benzene rings is 2. The molecule has 0 bridgehead atoms. The number of ether oxygens (including phenoxy) is 3. The molecule has 2 aromatic rings. The van der Waals surface area contributed by atoms with Crippen LogP contribution in [-0.2, 0) is 4.74 Å². The van der Waals surface area contributed by atoms with Crippen molar-refractivity contribution in [2.24, 2.45) is 5.92 Å². The molecule has 0 aromatic heterocycles. The Kier molecular flexibility index (Phi) is 7.09. The van der Waals surface area contributed by atoms with Gasteiger partial charge < -0.3 is 14.2 Å². The highest BCUT2D eigenvalue weighted by Crippen LogP contribution is 2.60. The fourth-order valence-electron chi connectivity index (χ4n) is 5.61. The van der Waals surface area contributed by atoms with E-state index >= 15 is 0 Å². The number of nitrogens with zero attached hydrogens (tertiary/aromatic N) is 1. The van der Waals surface area contributed by atoms with Crippen LogP contribution in [0.25, 0.3) is 0 Å². The van der Waals surface area contributed by atoms with E-state index in [4.69, 9.17) is 38.4 Å². The van der Waals surface area contributed by atoms with Crippen LogP contribution in [0.3, 0.4) is 0 Å². The van der Waals surface area contributed by atoms with Crippen LogP contribution in [0.4, 0.5) is 4.79 Å². The first-order chi connectivity index (χ1) is 16.5. The zero-order chi connectivity index (χ0) is 25.5. The molecule has 1 saturated heterocycles. The normalized spacial score (nSPS) is 26.3. The van der Waals surface area contributed by atoms with E-state index in [1.807, 2.05) is 45.0 Å². The van der Waals surface area contributed by atoms with Crippen molar-refractivity contribution in [3.8, 4) is 11.5 Å². The second-order valence-electron chi connectivity index (χ2n) is 10.4. The first-order valence-corrected chi connectivity index (χ1v) is 12.7. The third-order valence-corrected chi connectivity index (χ3v) is 8.30. The maximum Gasteiger partial charge on any atom is 0.414 e. The Morgan fingerprint density at radius 2 is 1.83 bits per heavy atom. The molecule has 1 amide bonds. The molecule has 1 heterocycles. The van der Waals surface area contributed by atoms with Crippen molar-refractivity contribution in [3.63, 3.8) is 0 Å². The predicted molar refractivity (Wildman–Crippen MR) is 143 cm³/mol. The van der Waals surface area contributed by atoms with E-state index in [1.54, 1.807) is 19.1 Å². The van der Waals surface area contributed by atoms with Gasteiger partial charge in [0.1, 0.15) is 17.1 Å². The highest BCUT2D eigenvalue weighted by Gasteiger charge is 2.57. The number of methoxy groups -OCH3 is 2. The molecule has 2 aromatic carbocycles. The number of halogens is 1. The second-order valence-corrected chi connectivity index (χ2v) is 11.6. The standard InChI is InChI=1S/C28H34ClNO4S/c1-17-28(35)14-13-22(21-12-11-20(32-5)15-24(21)33-6)25(18-7-9-19(29)10-8-18)23(28)16-30(17)26(31)34-27(2,3)4/h7-12,15,22-23,25,35H,1,13-14,16H2,2-6H3. The van der Waals surface area contributed by atoms with Crippen LogP contribution in [0.5, 0.6) is 11.5 Å². The molecule has 4 atom stereocenters. The summed E-state index contributed by atoms with van der Waals surface area (Å²) < 4.78 is 16.4. The molecule has 5 nitrogen and oxygen atoms in total. The van der Waals surface area contributed by atoms with Crippen molar-refractivity contribution in [2.45, 2.75) is 55.8 Å². The van der Waals surface area contributed by atoms with Gasteiger partial charge >= 0.3 is 6.09 Å². The summed E-state index contributed by atoms with van der Waals surface area (Å²) in [7, 11) is 3.33. The van der Waals surface area contributed by atoms with Gasteiger partial charge in [-0.25, -0.2) is 4.79 Å². The summed E-state index contributed by atoms with van der Waals surface area (Å²) in [5.41, 5.74) is 2.38. The molecule has 188 valence electrons. The van der Waals surface area contributed by atoms with E-state index in [9.17, 15) is 4.79 Å². The summed E-state index contributed by atoms with van der Waals surface area (Å²) in [5, 5.41) is 0.687. The Hall–Kier alpha value is -2.31. The molecule has 4 unspecified atom stereocenters. The number of carbonyl (C=O) groups excluding carboxylic acids is 1. The van der Waals surface area contributed by atoms with Crippen LogP contribution in [0.2, 0.25) is 5.02 Å². The maximum atomic E-state index is 13.1. The average molecular weight is 516 g/mol. The number of hydrogen-bond donors (Lipinski definition) is 1. The first-order valence-electron chi connectivity index (χ1n) is 11.9. The molecule has 0 spiro atoms. The lowest BCUT2D eigenvalue weighted by molar-refractivity contribution is 0.0328.